The molecular weight excluding hydrogens is 438 g/mol. The first kappa shape index (κ1) is 26.5. The van der Waals surface area contributed by atoms with E-state index < -0.39 is 0 Å². The van der Waals surface area contributed by atoms with E-state index in [4.69, 9.17) is 4.74 Å². The molecule has 0 radical (unpaired) electrons. The van der Waals surface area contributed by atoms with E-state index >= 15 is 0 Å². The average Bonchev–Trinajstić information content (AvgIpc) is 3.33. The van der Waals surface area contributed by atoms with Gasteiger partial charge in [-0.3, -0.25) is 19.3 Å². The molecule has 0 saturated carbocycles. The number of ketones is 1. The largest absolute Gasteiger partial charge is 0.381 e. The van der Waals surface area contributed by atoms with Crippen molar-refractivity contribution in [2.45, 2.75) is 76.5 Å². The van der Waals surface area contributed by atoms with Gasteiger partial charge in [0, 0.05) is 69.9 Å². The van der Waals surface area contributed by atoms with Crippen LogP contribution in [-0.4, -0.2) is 90.4 Å². The maximum atomic E-state index is 12.3. The van der Waals surface area contributed by atoms with E-state index in [1.807, 2.05) is 16.7 Å². The van der Waals surface area contributed by atoms with Crippen LogP contribution in [0.3, 0.4) is 0 Å². The van der Waals surface area contributed by atoms with E-state index in [-0.39, 0.29) is 11.8 Å². The molecule has 0 bridgehead atoms. The van der Waals surface area contributed by atoms with Crippen molar-refractivity contribution in [3.63, 3.8) is 0 Å². The first-order chi connectivity index (χ1) is 15.9. The van der Waals surface area contributed by atoms with Crippen LogP contribution in [0.4, 0.5) is 0 Å². The smallest absolute Gasteiger partial charge is 0.224 e. The monoisotopic (exact) mass is 481 g/mol. The Balaban J connectivity index is 1.13. The van der Waals surface area contributed by atoms with Crippen molar-refractivity contribution >= 4 is 29.4 Å². The molecule has 2 unspecified atom stereocenters. The highest BCUT2D eigenvalue weighted by Crippen LogP contribution is 2.39. The third kappa shape index (κ3) is 8.87. The molecule has 188 valence electrons. The fourth-order valence-electron chi connectivity index (χ4n) is 5.18. The molecular formula is C25H43N3O4S. The molecule has 3 aliphatic rings. The van der Waals surface area contributed by atoms with Gasteiger partial charge in [0.1, 0.15) is 5.78 Å². The summed E-state index contributed by atoms with van der Waals surface area (Å²) in [5, 5.41) is 3.65. The number of carbonyl (C=O) groups is 3. The highest BCUT2D eigenvalue weighted by molar-refractivity contribution is 8.00. The first-order valence-electron chi connectivity index (χ1n) is 12.9. The van der Waals surface area contributed by atoms with Crippen LogP contribution < -0.4 is 5.32 Å². The van der Waals surface area contributed by atoms with E-state index in [0.29, 0.717) is 67.8 Å². The van der Waals surface area contributed by atoms with Crippen molar-refractivity contribution in [2.75, 3.05) is 51.7 Å². The molecule has 3 saturated heterocycles. The summed E-state index contributed by atoms with van der Waals surface area (Å²) < 4.78 is 5.61. The van der Waals surface area contributed by atoms with Gasteiger partial charge in [-0.2, -0.15) is 11.8 Å². The average molecular weight is 482 g/mol. The number of rotatable bonds is 14. The molecule has 0 aromatic rings. The summed E-state index contributed by atoms with van der Waals surface area (Å²) in [5.74, 6) is 2.96. The maximum Gasteiger partial charge on any atom is 0.224 e. The summed E-state index contributed by atoms with van der Waals surface area (Å²) in [6.07, 6.45) is 6.12. The van der Waals surface area contributed by atoms with E-state index in [1.54, 1.807) is 0 Å². The lowest BCUT2D eigenvalue weighted by molar-refractivity contribution is -0.134. The van der Waals surface area contributed by atoms with Gasteiger partial charge in [-0.25, -0.2) is 0 Å². The number of Topliss-reactive ketones (excluding diaryl/α,β-unsaturated/α-hetero) is 1. The Morgan fingerprint density at radius 2 is 1.82 bits per heavy atom. The van der Waals surface area contributed by atoms with E-state index in [2.05, 4.69) is 24.1 Å². The highest BCUT2D eigenvalue weighted by atomic mass is 32.2. The van der Waals surface area contributed by atoms with Crippen molar-refractivity contribution in [2.24, 2.45) is 11.8 Å². The summed E-state index contributed by atoms with van der Waals surface area (Å²) in [6, 6.07) is 0.358. The Labute approximate surface area is 203 Å². The van der Waals surface area contributed by atoms with Gasteiger partial charge in [0.15, 0.2) is 0 Å². The second-order valence-electron chi connectivity index (χ2n) is 10.3. The van der Waals surface area contributed by atoms with Crippen molar-refractivity contribution in [3.05, 3.63) is 0 Å². The first-order valence-corrected chi connectivity index (χ1v) is 14.0. The minimum atomic E-state index is 0.180. The molecule has 3 fully saturated rings. The zero-order valence-corrected chi connectivity index (χ0v) is 21.4. The molecule has 2 amide bonds. The summed E-state index contributed by atoms with van der Waals surface area (Å²) >= 11 is 1.98. The van der Waals surface area contributed by atoms with Gasteiger partial charge in [-0.05, 0) is 36.9 Å². The topological polar surface area (TPSA) is 79.0 Å². The molecule has 0 aromatic carbocycles. The Morgan fingerprint density at radius 3 is 2.58 bits per heavy atom. The van der Waals surface area contributed by atoms with Crippen LogP contribution in [0.5, 0.6) is 0 Å². The number of carbonyl (C=O) groups excluding carboxylic acids is 3. The Kier molecular flexibility index (Phi) is 11.0. The van der Waals surface area contributed by atoms with E-state index in [9.17, 15) is 14.4 Å². The minimum absolute atomic E-state index is 0.180. The number of fused-ring (bicyclic) bond motifs is 1. The Hall–Kier alpha value is -1.12. The van der Waals surface area contributed by atoms with Crippen LogP contribution in [-0.2, 0) is 19.1 Å². The van der Waals surface area contributed by atoms with Gasteiger partial charge in [0.2, 0.25) is 11.8 Å². The fraction of sp³-hybridized carbons (Fsp3) is 0.880. The fourth-order valence-corrected chi connectivity index (χ4v) is 6.83. The highest BCUT2D eigenvalue weighted by Gasteiger charge is 2.42. The number of nitrogens with one attached hydrogen (secondary N) is 1. The van der Waals surface area contributed by atoms with Gasteiger partial charge >= 0.3 is 0 Å². The van der Waals surface area contributed by atoms with Crippen LogP contribution in [0, 0.1) is 11.8 Å². The normalized spacial score (nSPS) is 25.5. The van der Waals surface area contributed by atoms with Gasteiger partial charge in [-0.1, -0.05) is 20.3 Å². The summed E-state index contributed by atoms with van der Waals surface area (Å²) in [6.45, 7) is 10.1. The number of amides is 2. The third-order valence-corrected chi connectivity index (χ3v) is 8.53. The standard InChI is InChI=1S/C25H43N3O4S/c1-19(2)17-27-10-12-28(13-11-27)24(31)9-15-32-14-5-7-21(29)6-3-4-8-22-25-20(18-33-22)16-23(30)26-25/h19-20,22,25H,3-18H2,1-2H3,(H,26,30)/t20?,22-,25?/m0/s1. The quantitative estimate of drug-likeness (QED) is 0.385. The van der Waals surface area contributed by atoms with Gasteiger partial charge in [0.05, 0.1) is 13.0 Å². The predicted molar refractivity (Wildman–Crippen MR) is 132 cm³/mol. The minimum Gasteiger partial charge on any atom is -0.381 e. The number of unbranched alkanes of at least 4 members (excludes halogenated alkanes) is 1. The zero-order valence-electron chi connectivity index (χ0n) is 20.6. The van der Waals surface area contributed by atoms with E-state index in [0.717, 1.165) is 64.2 Å². The molecule has 0 aromatic heterocycles. The molecule has 8 heteroatoms. The van der Waals surface area contributed by atoms with Crippen molar-refractivity contribution < 1.29 is 19.1 Å². The maximum absolute atomic E-state index is 12.3. The van der Waals surface area contributed by atoms with Crippen molar-refractivity contribution in [3.8, 4) is 0 Å². The number of thioether (sulfide) groups is 1. The molecule has 3 atom stereocenters. The molecule has 33 heavy (non-hydrogen) atoms. The number of nitrogens with zero attached hydrogens (tertiary/aromatic N) is 2. The van der Waals surface area contributed by atoms with Gasteiger partial charge in [0.25, 0.3) is 0 Å². The number of piperazine rings is 1. The summed E-state index contributed by atoms with van der Waals surface area (Å²) in [5.41, 5.74) is 0. The summed E-state index contributed by atoms with van der Waals surface area (Å²) in [4.78, 5) is 40.4. The van der Waals surface area contributed by atoms with Gasteiger partial charge in [-0.15, -0.1) is 0 Å². The number of hydrogen-bond acceptors (Lipinski definition) is 6. The lowest BCUT2D eigenvalue weighted by Gasteiger charge is -2.35. The predicted octanol–water partition coefficient (Wildman–Crippen LogP) is 2.72. The van der Waals surface area contributed by atoms with Crippen LogP contribution in [0.1, 0.15) is 65.2 Å². The Bertz CT molecular complexity index is 652. The van der Waals surface area contributed by atoms with Crippen LogP contribution in [0.15, 0.2) is 0 Å². The van der Waals surface area contributed by atoms with Crippen molar-refractivity contribution in [1.82, 2.24) is 15.1 Å². The molecule has 3 heterocycles. The lowest BCUT2D eigenvalue weighted by atomic mass is 9.97. The van der Waals surface area contributed by atoms with Gasteiger partial charge < -0.3 is 15.0 Å². The Morgan fingerprint density at radius 1 is 1.06 bits per heavy atom. The molecule has 7 nitrogen and oxygen atoms in total. The molecule has 3 rings (SSSR count). The molecule has 1 N–H and O–H groups in total. The SMILES string of the molecule is CC(C)CN1CCN(C(=O)CCOCCCC(=O)CCCC[C@@H]2SCC3CC(=O)NC32)CC1. The second-order valence-corrected chi connectivity index (χ2v) is 11.5. The number of ether oxygens (including phenoxy) is 1. The van der Waals surface area contributed by atoms with Crippen molar-refractivity contribution in [1.29, 1.82) is 0 Å². The second kappa shape index (κ2) is 13.7. The number of hydrogen-bond donors (Lipinski definition) is 1. The van der Waals surface area contributed by atoms with E-state index in [1.165, 1.54) is 0 Å². The zero-order chi connectivity index (χ0) is 23.6. The van der Waals surface area contributed by atoms with Crippen LogP contribution in [0.25, 0.3) is 0 Å². The third-order valence-electron chi connectivity index (χ3n) is 6.96. The van der Waals surface area contributed by atoms with Crippen LogP contribution >= 0.6 is 11.8 Å². The molecule has 3 aliphatic heterocycles. The molecule has 0 spiro atoms. The summed E-state index contributed by atoms with van der Waals surface area (Å²) in [7, 11) is 0. The lowest BCUT2D eigenvalue weighted by Crippen LogP contribution is -2.49. The molecule has 0 aliphatic carbocycles. The van der Waals surface area contributed by atoms with Crippen LogP contribution in [0.2, 0.25) is 0 Å².